The summed E-state index contributed by atoms with van der Waals surface area (Å²) in [6, 6.07) is 1.60. The molecule has 0 spiro atoms. The summed E-state index contributed by atoms with van der Waals surface area (Å²) in [5.41, 5.74) is -0.135. The second-order valence-electron chi connectivity index (χ2n) is 4.88. The van der Waals surface area contributed by atoms with Crippen molar-refractivity contribution in [3.05, 3.63) is 29.3 Å². The van der Waals surface area contributed by atoms with E-state index in [0.717, 1.165) is 12.1 Å². The molecule has 0 atom stereocenters. The summed E-state index contributed by atoms with van der Waals surface area (Å²) in [5, 5.41) is 2.68. The number of carbonyl (C=O) groups is 2. The normalized spacial score (nSPS) is 14.5. The van der Waals surface area contributed by atoms with E-state index in [2.05, 4.69) is 5.32 Å². The molecule has 6 nitrogen and oxygen atoms in total. The number of esters is 1. The number of morpholine rings is 1. The predicted molar refractivity (Wildman–Crippen MR) is 78.2 cm³/mol. The van der Waals surface area contributed by atoms with E-state index < -0.39 is 17.6 Å². The van der Waals surface area contributed by atoms with Crippen LogP contribution in [0.1, 0.15) is 17.3 Å². The first-order chi connectivity index (χ1) is 11.0. The molecule has 8 heteroatoms. The van der Waals surface area contributed by atoms with Crippen LogP contribution in [0.3, 0.4) is 0 Å². The fourth-order valence-electron chi connectivity index (χ4n) is 2.17. The van der Waals surface area contributed by atoms with Crippen LogP contribution in [0.2, 0.25) is 0 Å². The first kappa shape index (κ1) is 17.1. The van der Waals surface area contributed by atoms with Gasteiger partial charge in [0.1, 0.15) is 0 Å². The molecule has 1 saturated heterocycles. The largest absolute Gasteiger partial charge is 0.462 e. The molecule has 1 aromatic carbocycles. The van der Waals surface area contributed by atoms with E-state index in [1.807, 2.05) is 0 Å². The lowest BCUT2D eigenvalue weighted by Gasteiger charge is -2.27. The second kappa shape index (κ2) is 7.87. The van der Waals surface area contributed by atoms with Crippen molar-refractivity contribution in [1.82, 2.24) is 4.90 Å². The molecule has 0 saturated carbocycles. The van der Waals surface area contributed by atoms with E-state index in [9.17, 15) is 18.4 Å². The highest BCUT2D eigenvalue weighted by Gasteiger charge is 2.20. The van der Waals surface area contributed by atoms with Gasteiger partial charge < -0.3 is 19.7 Å². The van der Waals surface area contributed by atoms with Gasteiger partial charge in [-0.2, -0.15) is 0 Å². The van der Waals surface area contributed by atoms with Crippen LogP contribution in [0.25, 0.3) is 0 Å². The number of ether oxygens (including phenoxy) is 2. The summed E-state index contributed by atoms with van der Waals surface area (Å²) in [6.45, 7) is 3.44. The third-order valence-electron chi connectivity index (χ3n) is 3.35. The molecule has 0 aromatic heterocycles. The van der Waals surface area contributed by atoms with E-state index in [1.165, 1.54) is 0 Å². The molecule has 0 unspecified atom stereocenters. The van der Waals surface area contributed by atoms with Crippen molar-refractivity contribution in [2.45, 2.75) is 6.92 Å². The zero-order valence-corrected chi connectivity index (χ0v) is 12.7. The lowest BCUT2D eigenvalue weighted by atomic mass is 10.1. The van der Waals surface area contributed by atoms with Crippen LogP contribution in [0, 0.1) is 11.6 Å². The second-order valence-corrected chi connectivity index (χ2v) is 4.88. The zero-order valence-electron chi connectivity index (χ0n) is 12.7. The summed E-state index contributed by atoms with van der Waals surface area (Å²) < 4.78 is 36.7. The maximum atomic E-state index is 13.4. The molecule has 1 N–H and O–H groups in total. The number of hydrogen-bond donors (Lipinski definition) is 1. The Labute approximate surface area is 132 Å². The van der Waals surface area contributed by atoms with Gasteiger partial charge in [0.25, 0.3) is 0 Å². The van der Waals surface area contributed by atoms with Gasteiger partial charge in [0.15, 0.2) is 11.6 Å². The highest BCUT2D eigenvalue weighted by Crippen LogP contribution is 2.21. The molecule has 0 aliphatic carbocycles. The average Bonchev–Trinajstić information content (AvgIpc) is 2.56. The quantitative estimate of drug-likeness (QED) is 0.828. The zero-order chi connectivity index (χ0) is 16.8. The Kier molecular flexibility index (Phi) is 5.86. The number of nitrogens with zero attached hydrogens (tertiary/aromatic N) is 1. The molecule has 2 rings (SSSR count). The van der Waals surface area contributed by atoms with Crippen molar-refractivity contribution in [2.75, 3.05) is 44.8 Å². The Morgan fingerprint density at radius 2 is 1.91 bits per heavy atom. The van der Waals surface area contributed by atoms with E-state index in [1.54, 1.807) is 11.8 Å². The number of nitrogens with one attached hydrogen (secondary N) is 1. The van der Waals surface area contributed by atoms with Gasteiger partial charge in [0, 0.05) is 19.2 Å². The Hall–Kier alpha value is -2.22. The van der Waals surface area contributed by atoms with Gasteiger partial charge in [-0.3, -0.25) is 4.79 Å². The number of amides is 1. The summed E-state index contributed by atoms with van der Waals surface area (Å²) in [5.74, 6) is -3.27. The maximum Gasteiger partial charge on any atom is 0.340 e. The molecule has 126 valence electrons. The number of rotatable bonds is 5. The Bertz CT molecular complexity index is 589. The Morgan fingerprint density at radius 1 is 1.26 bits per heavy atom. The molecular formula is C15H18F2N2O4. The lowest BCUT2D eigenvalue weighted by molar-refractivity contribution is -0.133. The van der Waals surface area contributed by atoms with Crippen molar-refractivity contribution in [1.29, 1.82) is 0 Å². The highest BCUT2D eigenvalue weighted by molar-refractivity contribution is 5.96. The van der Waals surface area contributed by atoms with E-state index in [-0.39, 0.29) is 30.3 Å². The Morgan fingerprint density at radius 3 is 2.57 bits per heavy atom. The maximum absolute atomic E-state index is 13.4. The lowest BCUT2D eigenvalue weighted by Crippen LogP contribution is -2.43. The van der Waals surface area contributed by atoms with Crippen molar-refractivity contribution >= 4 is 17.6 Å². The number of anilines is 1. The minimum atomic E-state index is -1.15. The minimum Gasteiger partial charge on any atom is -0.462 e. The molecular weight excluding hydrogens is 310 g/mol. The van der Waals surface area contributed by atoms with Crippen LogP contribution >= 0.6 is 0 Å². The highest BCUT2D eigenvalue weighted by atomic mass is 19.2. The van der Waals surface area contributed by atoms with Crippen molar-refractivity contribution < 1.29 is 27.8 Å². The molecule has 1 aromatic rings. The molecule has 1 aliphatic rings. The first-order valence-electron chi connectivity index (χ1n) is 7.28. The predicted octanol–water partition coefficient (Wildman–Crippen LogP) is 1.41. The number of halogens is 2. The summed E-state index contributed by atoms with van der Waals surface area (Å²) >= 11 is 0. The smallest absolute Gasteiger partial charge is 0.340 e. The molecule has 1 amide bonds. The van der Waals surface area contributed by atoms with Crippen molar-refractivity contribution in [3.8, 4) is 0 Å². The molecule has 1 aliphatic heterocycles. The van der Waals surface area contributed by atoms with Crippen LogP contribution in [0.15, 0.2) is 12.1 Å². The fraction of sp³-hybridized carbons (Fsp3) is 0.467. The monoisotopic (exact) mass is 328 g/mol. The third-order valence-corrected chi connectivity index (χ3v) is 3.35. The molecule has 23 heavy (non-hydrogen) atoms. The van der Waals surface area contributed by atoms with E-state index in [0.29, 0.717) is 26.3 Å². The number of hydrogen-bond acceptors (Lipinski definition) is 5. The summed E-state index contributed by atoms with van der Waals surface area (Å²) in [4.78, 5) is 25.5. The summed E-state index contributed by atoms with van der Waals surface area (Å²) in [6.07, 6.45) is 0. The first-order valence-corrected chi connectivity index (χ1v) is 7.28. The topological polar surface area (TPSA) is 67.9 Å². The summed E-state index contributed by atoms with van der Waals surface area (Å²) in [7, 11) is 0. The van der Waals surface area contributed by atoms with Crippen molar-refractivity contribution in [3.63, 3.8) is 0 Å². The Balaban J connectivity index is 2.09. The van der Waals surface area contributed by atoms with Gasteiger partial charge in [0.05, 0.1) is 37.6 Å². The van der Waals surface area contributed by atoms with Crippen LogP contribution < -0.4 is 5.32 Å². The van der Waals surface area contributed by atoms with Gasteiger partial charge in [-0.15, -0.1) is 0 Å². The van der Waals surface area contributed by atoms with Crippen LogP contribution in [0.5, 0.6) is 0 Å². The minimum absolute atomic E-state index is 0.0176. The standard InChI is InChI=1S/C15H18F2N2O4/c1-2-23-15(21)10-7-11(16)12(17)8-13(10)18-9-14(20)19-3-5-22-6-4-19/h7-8,18H,2-6,9H2,1H3. The van der Waals surface area contributed by atoms with Crippen LogP contribution in [0.4, 0.5) is 14.5 Å². The van der Waals surface area contributed by atoms with E-state index in [4.69, 9.17) is 9.47 Å². The molecule has 0 bridgehead atoms. The molecule has 1 heterocycles. The number of carbonyl (C=O) groups excluding carboxylic acids is 2. The fourth-order valence-corrected chi connectivity index (χ4v) is 2.17. The van der Waals surface area contributed by atoms with Crippen molar-refractivity contribution in [2.24, 2.45) is 0 Å². The third kappa shape index (κ3) is 4.38. The SMILES string of the molecule is CCOC(=O)c1cc(F)c(F)cc1NCC(=O)N1CCOCC1. The van der Waals surface area contributed by atoms with Gasteiger partial charge in [0.2, 0.25) is 5.91 Å². The van der Waals surface area contributed by atoms with Crippen LogP contribution in [-0.2, 0) is 14.3 Å². The van der Waals surface area contributed by atoms with Gasteiger partial charge in [-0.05, 0) is 13.0 Å². The molecule has 0 radical (unpaired) electrons. The van der Waals surface area contributed by atoms with Gasteiger partial charge in [-0.25, -0.2) is 13.6 Å². The average molecular weight is 328 g/mol. The number of benzene rings is 1. The van der Waals surface area contributed by atoms with Gasteiger partial charge >= 0.3 is 5.97 Å². The van der Waals surface area contributed by atoms with E-state index >= 15 is 0 Å². The van der Waals surface area contributed by atoms with Gasteiger partial charge in [-0.1, -0.05) is 0 Å². The van der Waals surface area contributed by atoms with Crippen LogP contribution in [-0.4, -0.2) is 56.2 Å². The molecule has 1 fully saturated rings.